The van der Waals surface area contributed by atoms with Gasteiger partial charge in [-0.25, -0.2) is 0 Å². The zero-order chi connectivity index (χ0) is 36.3. The fourth-order valence-corrected chi connectivity index (χ4v) is 7.20. The van der Waals surface area contributed by atoms with Crippen molar-refractivity contribution >= 4 is 33.6 Å². The molecule has 50 heavy (non-hydrogen) atoms. The highest BCUT2D eigenvalue weighted by atomic mass is 16.1. The molecule has 0 radical (unpaired) electrons. The van der Waals surface area contributed by atoms with E-state index in [9.17, 15) is 9.59 Å². The van der Waals surface area contributed by atoms with Gasteiger partial charge in [0.25, 0.3) is 0 Å². The number of carbonyl (C=O) groups excluding carboxylic acids is 2. The molecule has 6 heteroatoms. The van der Waals surface area contributed by atoms with Gasteiger partial charge in [-0.05, 0) is 91.9 Å². The maximum atomic E-state index is 10.7. The van der Waals surface area contributed by atoms with E-state index >= 15 is 0 Å². The number of allylic oxidation sites excluding steroid dienone is 6. The minimum absolute atomic E-state index is 0.296. The number of fused-ring (bicyclic) bond motifs is 4. The minimum Gasteiger partial charge on any atom is -0.369 e. The summed E-state index contributed by atoms with van der Waals surface area (Å²) in [7, 11) is 0. The number of aromatic nitrogens is 2. The Balaban J connectivity index is 0.000000175. The molecule has 0 spiro atoms. The van der Waals surface area contributed by atoms with Gasteiger partial charge in [0.05, 0.1) is 12.8 Å². The summed E-state index contributed by atoms with van der Waals surface area (Å²) in [5, 5.41) is 2.14. The van der Waals surface area contributed by atoms with Gasteiger partial charge in [0.2, 0.25) is 11.8 Å². The van der Waals surface area contributed by atoms with E-state index in [2.05, 4.69) is 68.2 Å². The van der Waals surface area contributed by atoms with Crippen molar-refractivity contribution in [1.82, 2.24) is 9.97 Å². The highest BCUT2D eigenvalue weighted by Gasteiger charge is 2.30. The van der Waals surface area contributed by atoms with Gasteiger partial charge in [0.15, 0.2) is 0 Å². The molecule has 2 amide bonds. The smallest absolute Gasteiger partial charge is 0.221 e. The Labute approximate surface area is 300 Å². The second kappa shape index (κ2) is 21.5. The third-order valence-electron chi connectivity index (χ3n) is 10.0. The number of H-pyrrole nitrogens is 2. The number of primary amides is 2. The van der Waals surface area contributed by atoms with Crippen molar-refractivity contribution in [2.45, 2.75) is 85.0 Å². The lowest BCUT2D eigenvalue weighted by Crippen LogP contribution is -2.26. The monoisotopic (exact) mass is 676 g/mol. The average molecular weight is 677 g/mol. The Bertz CT molecular complexity index is 1590. The number of carbonyl (C=O) groups is 2. The third-order valence-corrected chi connectivity index (χ3v) is 10.0. The highest BCUT2D eigenvalue weighted by molar-refractivity contribution is 5.89. The molecule has 4 aliphatic carbocycles. The van der Waals surface area contributed by atoms with Crippen LogP contribution in [0.1, 0.15) is 83.3 Å². The molecule has 6 nitrogen and oxygen atoms in total. The number of aromatic amines is 2. The second-order valence-electron chi connectivity index (χ2n) is 13.8. The summed E-state index contributed by atoms with van der Waals surface area (Å²) in [5.74, 6) is 4.23. The quantitative estimate of drug-likeness (QED) is 0.115. The molecule has 4 aliphatic rings. The van der Waals surface area contributed by atoms with Crippen LogP contribution in [0.3, 0.4) is 0 Å². The van der Waals surface area contributed by atoms with Crippen LogP contribution >= 0.6 is 0 Å². The molecule has 0 aliphatic heterocycles. The van der Waals surface area contributed by atoms with Crippen LogP contribution in [0.2, 0.25) is 0 Å². The number of benzene rings is 2. The molecule has 2 aromatic heterocycles. The lowest BCUT2D eigenvalue weighted by atomic mass is 9.68. The Hall–Kier alpha value is -4.58. The van der Waals surface area contributed by atoms with Gasteiger partial charge in [-0.15, -0.1) is 0 Å². The van der Waals surface area contributed by atoms with Crippen molar-refractivity contribution < 1.29 is 9.59 Å². The summed E-state index contributed by atoms with van der Waals surface area (Å²) in [6.07, 6.45) is 28.5. The molecule has 2 aromatic carbocycles. The van der Waals surface area contributed by atoms with Crippen LogP contribution in [-0.4, -0.2) is 21.8 Å². The van der Waals surface area contributed by atoms with Crippen molar-refractivity contribution in [2.75, 3.05) is 0 Å². The molecule has 2 heterocycles. The van der Waals surface area contributed by atoms with E-state index in [0.717, 1.165) is 62.5 Å². The molecule has 4 aromatic rings. The van der Waals surface area contributed by atoms with Gasteiger partial charge in [-0.1, -0.05) is 119 Å². The largest absolute Gasteiger partial charge is 0.369 e. The van der Waals surface area contributed by atoms with E-state index in [4.69, 9.17) is 11.5 Å². The summed E-state index contributed by atoms with van der Waals surface area (Å²) in [4.78, 5) is 27.6. The van der Waals surface area contributed by atoms with Crippen LogP contribution in [0, 0.1) is 29.6 Å². The highest BCUT2D eigenvalue weighted by Crippen LogP contribution is 2.41. The molecule has 2 bridgehead atoms. The summed E-state index contributed by atoms with van der Waals surface area (Å²) in [5.41, 5.74) is 14.2. The molecular weight excluding hydrogens is 617 g/mol. The summed E-state index contributed by atoms with van der Waals surface area (Å²) >= 11 is 0. The van der Waals surface area contributed by atoms with E-state index in [-0.39, 0.29) is 11.8 Å². The van der Waals surface area contributed by atoms with Crippen LogP contribution in [0.4, 0.5) is 0 Å². The molecule has 3 atom stereocenters. The van der Waals surface area contributed by atoms with Crippen molar-refractivity contribution in [3.63, 3.8) is 0 Å². The zero-order valence-electron chi connectivity index (χ0n) is 30.6. The predicted molar refractivity (Wildman–Crippen MR) is 212 cm³/mol. The van der Waals surface area contributed by atoms with Gasteiger partial charge in [-0.2, -0.15) is 0 Å². The Kier molecular flexibility index (Phi) is 17.1. The molecule has 268 valence electrons. The van der Waals surface area contributed by atoms with E-state index in [1.54, 1.807) is 12.2 Å². The van der Waals surface area contributed by atoms with E-state index in [1.165, 1.54) is 51.4 Å². The Morgan fingerprint density at radius 2 is 1.30 bits per heavy atom. The predicted octanol–water partition coefficient (Wildman–Crippen LogP) is 10.1. The molecular formula is C44H60N4O2. The number of hydrogen-bond donors (Lipinski definition) is 4. The van der Waals surface area contributed by atoms with Crippen molar-refractivity contribution in [1.29, 1.82) is 0 Å². The van der Waals surface area contributed by atoms with E-state index < -0.39 is 0 Å². The standard InChI is InChI=1S/2C10H10N2O.C10H16.C10H18.C4H6/c2*11-10(13)5-7-6-12-9-4-2-1-3-8(7)9;1-2-9-7-8-3-5-10(9)6-4-8;1-3-4-10-7-5-9(2)6-8-10;1-3-4-2/h2*1-4,6,12H,5H2,(H2,11,13);3,5,8-10H,2,4,6-7H2,1H3;3-4,9-10H,5-8H2,1-2H3;3-4H,1-2H2/b;;;4-3-;. The van der Waals surface area contributed by atoms with Crippen LogP contribution in [0.25, 0.3) is 21.8 Å². The molecule has 2 fully saturated rings. The lowest BCUT2D eigenvalue weighted by molar-refractivity contribution is -0.118. The first-order valence-electron chi connectivity index (χ1n) is 18.4. The van der Waals surface area contributed by atoms with Gasteiger partial charge in [-0.3, -0.25) is 9.59 Å². The first-order valence-corrected chi connectivity index (χ1v) is 18.4. The van der Waals surface area contributed by atoms with Gasteiger partial charge in [0, 0.05) is 34.2 Å². The van der Waals surface area contributed by atoms with Crippen molar-refractivity contribution in [2.24, 2.45) is 41.1 Å². The van der Waals surface area contributed by atoms with Crippen molar-refractivity contribution in [3.05, 3.63) is 122 Å². The molecule has 8 rings (SSSR count). The maximum absolute atomic E-state index is 10.7. The number of hydrogen-bond acceptors (Lipinski definition) is 2. The lowest BCUT2D eigenvalue weighted by Gasteiger charge is -2.37. The van der Waals surface area contributed by atoms with Crippen LogP contribution in [-0.2, 0) is 22.4 Å². The number of nitrogens with one attached hydrogen (secondary N) is 2. The fourth-order valence-electron chi connectivity index (χ4n) is 7.20. The summed E-state index contributed by atoms with van der Waals surface area (Å²) < 4.78 is 0. The Morgan fingerprint density at radius 3 is 1.66 bits per heavy atom. The zero-order valence-corrected chi connectivity index (χ0v) is 30.6. The molecule has 3 unspecified atom stereocenters. The minimum atomic E-state index is -0.301. The average Bonchev–Trinajstić information content (AvgIpc) is 3.74. The number of nitrogens with two attached hydrogens (primary N) is 2. The number of rotatable bonds is 7. The molecule has 6 N–H and O–H groups in total. The first kappa shape index (κ1) is 39.9. The fraction of sp³-hybridized carbons (Fsp3) is 0.409. The number of amides is 2. The van der Waals surface area contributed by atoms with Gasteiger partial charge in [0.1, 0.15) is 0 Å². The van der Waals surface area contributed by atoms with Crippen LogP contribution in [0.5, 0.6) is 0 Å². The topological polar surface area (TPSA) is 118 Å². The molecule has 0 saturated heterocycles. The van der Waals surface area contributed by atoms with Gasteiger partial charge >= 0.3 is 0 Å². The number of para-hydroxylation sites is 2. The van der Waals surface area contributed by atoms with E-state index in [0.29, 0.717) is 12.8 Å². The maximum Gasteiger partial charge on any atom is 0.221 e. The third kappa shape index (κ3) is 13.0. The van der Waals surface area contributed by atoms with Crippen LogP contribution in [0.15, 0.2) is 111 Å². The molecule has 2 saturated carbocycles. The first-order chi connectivity index (χ1) is 24.2. The van der Waals surface area contributed by atoms with E-state index in [1.807, 2.05) is 60.9 Å². The van der Waals surface area contributed by atoms with Gasteiger partial charge < -0.3 is 21.4 Å². The Morgan fingerprint density at radius 1 is 0.780 bits per heavy atom. The summed E-state index contributed by atoms with van der Waals surface area (Å²) in [6.45, 7) is 13.5. The van der Waals surface area contributed by atoms with Crippen LogP contribution < -0.4 is 11.5 Å². The van der Waals surface area contributed by atoms with Crippen molar-refractivity contribution in [3.8, 4) is 0 Å². The summed E-state index contributed by atoms with van der Waals surface area (Å²) in [6, 6.07) is 15.7. The normalized spacial score (nSPS) is 21.7. The second-order valence-corrected chi connectivity index (χ2v) is 13.8. The SMILES string of the molecule is C/C=C\C1CCC(C)CC1.C=CC=C.CCC1CC2C=CC1CC2.NC(=O)Cc1c[nH]c2ccccc12.NC(=O)Cc1c[nH]c2ccccc12.